The summed E-state index contributed by atoms with van der Waals surface area (Å²) < 4.78 is 5.25. The first kappa shape index (κ1) is 16.9. The molecule has 3 nitrogen and oxygen atoms in total. The summed E-state index contributed by atoms with van der Waals surface area (Å²) in [5, 5.41) is 5.26. The Morgan fingerprint density at radius 1 is 1.12 bits per heavy atom. The van der Waals surface area contributed by atoms with E-state index in [2.05, 4.69) is 42.7 Å². The van der Waals surface area contributed by atoms with Crippen molar-refractivity contribution in [3.8, 4) is 16.9 Å². The van der Waals surface area contributed by atoms with Gasteiger partial charge in [0.05, 0.1) is 12.8 Å². The number of amides is 1. The summed E-state index contributed by atoms with van der Waals surface area (Å²) >= 11 is 1.73. The Morgan fingerprint density at radius 2 is 1.88 bits per heavy atom. The SMILES string of the molecule is COc1ccc(-c2csc3c2NC(=O)CC3c2cc(C)ccc2C)cc1. The van der Waals surface area contributed by atoms with Crippen molar-refractivity contribution in [2.75, 3.05) is 12.4 Å². The quantitative estimate of drug-likeness (QED) is 0.666. The van der Waals surface area contributed by atoms with E-state index in [0.717, 1.165) is 22.6 Å². The van der Waals surface area contributed by atoms with Gasteiger partial charge < -0.3 is 10.1 Å². The lowest BCUT2D eigenvalue weighted by molar-refractivity contribution is -0.116. The monoisotopic (exact) mass is 363 g/mol. The van der Waals surface area contributed by atoms with Gasteiger partial charge in [0.15, 0.2) is 0 Å². The van der Waals surface area contributed by atoms with Crippen molar-refractivity contribution < 1.29 is 9.53 Å². The molecule has 1 atom stereocenters. The Bertz CT molecular complexity index is 972. The third-order valence-corrected chi connectivity index (χ3v) is 6.10. The van der Waals surface area contributed by atoms with E-state index in [1.807, 2.05) is 24.3 Å². The second-order valence-corrected chi connectivity index (χ2v) is 7.69. The Hall–Kier alpha value is -2.59. The Kier molecular flexibility index (Phi) is 4.29. The summed E-state index contributed by atoms with van der Waals surface area (Å²) in [7, 11) is 1.66. The van der Waals surface area contributed by atoms with Gasteiger partial charge in [0.2, 0.25) is 5.91 Å². The normalized spacial score (nSPS) is 16.1. The first-order valence-corrected chi connectivity index (χ1v) is 9.57. The lowest BCUT2D eigenvalue weighted by atomic mass is 9.86. The number of carbonyl (C=O) groups is 1. The largest absolute Gasteiger partial charge is 0.497 e. The van der Waals surface area contributed by atoms with Gasteiger partial charge in [-0.3, -0.25) is 4.79 Å². The van der Waals surface area contributed by atoms with Gasteiger partial charge >= 0.3 is 0 Å². The number of nitrogens with one attached hydrogen (secondary N) is 1. The number of aryl methyl sites for hydroxylation is 2. The molecule has 3 aromatic rings. The molecule has 4 heteroatoms. The molecule has 0 radical (unpaired) electrons. The summed E-state index contributed by atoms with van der Waals surface area (Å²) in [6.45, 7) is 4.23. The summed E-state index contributed by atoms with van der Waals surface area (Å²) in [6, 6.07) is 14.5. The molecule has 26 heavy (non-hydrogen) atoms. The molecule has 0 fully saturated rings. The number of benzene rings is 2. The maximum atomic E-state index is 12.5. The number of methoxy groups -OCH3 is 1. The van der Waals surface area contributed by atoms with E-state index in [0.29, 0.717) is 6.42 Å². The number of thiophene rings is 1. The fraction of sp³-hybridized carbons (Fsp3) is 0.227. The number of hydrogen-bond acceptors (Lipinski definition) is 3. The lowest BCUT2D eigenvalue weighted by Gasteiger charge is -2.25. The maximum Gasteiger partial charge on any atom is 0.225 e. The standard InChI is InChI=1S/C22H21NO2S/c1-13-4-5-14(2)17(10-13)18-11-20(24)23-21-19(12-26-22(18)21)15-6-8-16(25-3)9-7-15/h4-10,12,18H,11H2,1-3H3,(H,23,24). The van der Waals surface area contributed by atoms with Gasteiger partial charge in [-0.25, -0.2) is 0 Å². The Labute approximate surface area is 157 Å². The van der Waals surface area contributed by atoms with Crippen LogP contribution in [0, 0.1) is 13.8 Å². The smallest absolute Gasteiger partial charge is 0.225 e. The van der Waals surface area contributed by atoms with E-state index in [-0.39, 0.29) is 11.8 Å². The fourth-order valence-electron chi connectivity index (χ4n) is 3.60. The molecule has 0 bridgehead atoms. The van der Waals surface area contributed by atoms with Gasteiger partial charge in [0.1, 0.15) is 5.75 Å². The van der Waals surface area contributed by atoms with Crippen LogP contribution in [-0.4, -0.2) is 13.0 Å². The number of carbonyl (C=O) groups excluding carboxylic acids is 1. The fourth-order valence-corrected chi connectivity index (χ4v) is 4.75. The van der Waals surface area contributed by atoms with Crippen molar-refractivity contribution in [2.45, 2.75) is 26.2 Å². The van der Waals surface area contributed by atoms with Crippen molar-refractivity contribution in [1.29, 1.82) is 0 Å². The number of rotatable bonds is 3. The number of fused-ring (bicyclic) bond motifs is 1. The highest BCUT2D eigenvalue weighted by Crippen LogP contribution is 2.47. The number of anilines is 1. The first-order chi connectivity index (χ1) is 12.6. The molecule has 1 aliphatic rings. The second kappa shape index (κ2) is 6.61. The minimum Gasteiger partial charge on any atom is -0.497 e. The van der Waals surface area contributed by atoms with E-state index in [1.165, 1.54) is 21.6 Å². The van der Waals surface area contributed by atoms with Crippen LogP contribution in [0.4, 0.5) is 5.69 Å². The molecular formula is C22H21NO2S. The van der Waals surface area contributed by atoms with Crippen LogP contribution in [0.15, 0.2) is 47.8 Å². The zero-order valence-electron chi connectivity index (χ0n) is 15.1. The summed E-state index contributed by atoms with van der Waals surface area (Å²) in [4.78, 5) is 13.7. The minimum atomic E-state index is 0.0802. The zero-order valence-corrected chi connectivity index (χ0v) is 15.9. The third-order valence-electron chi connectivity index (χ3n) is 5.00. The van der Waals surface area contributed by atoms with Crippen LogP contribution >= 0.6 is 11.3 Å². The predicted octanol–water partition coefficient (Wildman–Crippen LogP) is 5.51. The highest BCUT2D eigenvalue weighted by atomic mass is 32.1. The van der Waals surface area contributed by atoms with Crippen molar-refractivity contribution in [2.24, 2.45) is 0 Å². The summed E-state index contributed by atoms with van der Waals surface area (Å²) in [5.41, 5.74) is 6.85. The van der Waals surface area contributed by atoms with Crippen LogP contribution in [0.5, 0.6) is 5.75 Å². The van der Waals surface area contributed by atoms with Crippen molar-refractivity contribution in [3.05, 3.63) is 69.4 Å². The van der Waals surface area contributed by atoms with Crippen molar-refractivity contribution in [3.63, 3.8) is 0 Å². The average molecular weight is 363 g/mol. The molecule has 1 N–H and O–H groups in total. The molecular weight excluding hydrogens is 342 g/mol. The molecule has 0 saturated carbocycles. The number of hydrogen-bond donors (Lipinski definition) is 1. The molecule has 1 unspecified atom stereocenters. The van der Waals surface area contributed by atoms with E-state index in [9.17, 15) is 4.79 Å². The molecule has 132 valence electrons. The van der Waals surface area contributed by atoms with Gasteiger partial charge in [0.25, 0.3) is 0 Å². The molecule has 2 heterocycles. The van der Waals surface area contributed by atoms with Crippen molar-refractivity contribution >= 4 is 22.9 Å². The number of ether oxygens (including phenoxy) is 1. The molecule has 1 aliphatic heterocycles. The van der Waals surface area contributed by atoms with Gasteiger partial charge in [-0.2, -0.15) is 0 Å². The summed E-state index contributed by atoms with van der Waals surface area (Å²) in [5.74, 6) is 1.03. The maximum absolute atomic E-state index is 12.5. The first-order valence-electron chi connectivity index (χ1n) is 8.69. The molecule has 1 amide bonds. The lowest BCUT2D eigenvalue weighted by Crippen LogP contribution is -2.23. The van der Waals surface area contributed by atoms with Crippen LogP contribution in [0.2, 0.25) is 0 Å². The average Bonchev–Trinajstić information content (AvgIpc) is 3.07. The molecule has 0 spiro atoms. The van der Waals surface area contributed by atoms with Gasteiger partial charge in [-0.15, -0.1) is 11.3 Å². The van der Waals surface area contributed by atoms with Gasteiger partial charge in [0, 0.05) is 28.2 Å². The van der Waals surface area contributed by atoms with Crippen LogP contribution in [0.25, 0.3) is 11.1 Å². The highest BCUT2D eigenvalue weighted by Gasteiger charge is 2.31. The second-order valence-electron chi connectivity index (χ2n) is 6.78. The molecule has 4 rings (SSSR count). The zero-order chi connectivity index (χ0) is 18.3. The van der Waals surface area contributed by atoms with Crippen LogP contribution < -0.4 is 10.1 Å². The molecule has 0 aliphatic carbocycles. The van der Waals surface area contributed by atoms with E-state index in [1.54, 1.807) is 18.4 Å². The Balaban J connectivity index is 1.81. The van der Waals surface area contributed by atoms with Gasteiger partial charge in [-0.05, 0) is 42.7 Å². The molecule has 1 aromatic heterocycles. The van der Waals surface area contributed by atoms with Crippen molar-refractivity contribution in [1.82, 2.24) is 0 Å². The third kappa shape index (κ3) is 2.90. The van der Waals surface area contributed by atoms with E-state index in [4.69, 9.17) is 4.74 Å². The Morgan fingerprint density at radius 3 is 2.62 bits per heavy atom. The molecule has 0 saturated heterocycles. The van der Waals surface area contributed by atoms with E-state index >= 15 is 0 Å². The van der Waals surface area contributed by atoms with E-state index < -0.39 is 0 Å². The van der Waals surface area contributed by atoms with Crippen LogP contribution in [0.1, 0.15) is 33.9 Å². The van der Waals surface area contributed by atoms with Gasteiger partial charge in [-0.1, -0.05) is 35.9 Å². The van der Waals surface area contributed by atoms with Crippen LogP contribution in [0.3, 0.4) is 0 Å². The molecule has 2 aromatic carbocycles. The predicted molar refractivity (Wildman–Crippen MR) is 107 cm³/mol. The minimum absolute atomic E-state index is 0.0802. The topological polar surface area (TPSA) is 38.3 Å². The van der Waals surface area contributed by atoms with Crippen LogP contribution in [-0.2, 0) is 4.79 Å². The highest BCUT2D eigenvalue weighted by molar-refractivity contribution is 7.11. The summed E-state index contributed by atoms with van der Waals surface area (Å²) in [6.07, 6.45) is 0.500.